The molecule has 2 heterocycles. The van der Waals surface area contributed by atoms with E-state index in [9.17, 15) is 9.90 Å². The summed E-state index contributed by atoms with van der Waals surface area (Å²) in [5.74, 6) is -1.01. The number of nitrogens with zero attached hydrogens (tertiary/aromatic N) is 2. The van der Waals surface area contributed by atoms with Crippen molar-refractivity contribution in [3.05, 3.63) is 28.4 Å². The first-order valence-corrected chi connectivity index (χ1v) is 7.46. The number of aryl methyl sites for hydroxylation is 1. The van der Waals surface area contributed by atoms with Gasteiger partial charge in [-0.25, -0.2) is 4.79 Å². The molecular formula is C15H17ClN2O3. The largest absolute Gasteiger partial charge is 0.477 e. The van der Waals surface area contributed by atoms with Gasteiger partial charge in [0.2, 0.25) is 0 Å². The van der Waals surface area contributed by atoms with E-state index < -0.39 is 5.97 Å². The SMILES string of the molecule is Cc1ccc(Cl)c2c(C(=O)O)n(CC3CCCCO3)nc12. The highest BCUT2D eigenvalue weighted by atomic mass is 35.5. The maximum absolute atomic E-state index is 11.6. The van der Waals surface area contributed by atoms with Gasteiger partial charge in [-0.1, -0.05) is 17.7 Å². The highest BCUT2D eigenvalue weighted by Gasteiger charge is 2.24. The summed E-state index contributed by atoms with van der Waals surface area (Å²) in [6, 6.07) is 3.57. The Balaban J connectivity index is 2.08. The second-order valence-electron chi connectivity index (χ2n) is 5.41. The van der Waals surface area contributed by atoms with Crippen molar-refractivity contribution in [3.63, 3.8) is 0 Å². The fourth-order valence-electron chi connectivity index (χ4n) is 2.82. The summed E-state index contributed by atoms with van der Waals surface area (Å²) >= 11 is 6.19. The fraction of sp³-hybridized carbons (Fsp3) is 0.467. The smallest absolute Gasteiger partial charge is 0.354 e. The zero-order chi connectivity index (χ0) is 15.0. The Bertz CT molecular complexity index is 690. The molecule has 0 radical (unpaired) electrons. The highest BCUT2D eigenvalue weighted by Crippen LogP contribution is 2.30. The van der Waals surface area contributed by atoms with Gasteiger partial charge in [0.25, 0.3) is 0 Å². The van der Waals surface area contributed by atoms with Crippen molar-refractivity contribution in [3.8, 4) is 0 Å². The van der Waals surface area contributed by atoms with Crippen LogP contribution in [0.15, 0.2) is 12.1 Å². The molecule has 1 aromatic carbocycles. The lowest BCUT2D eigenvalue weighted by molar-refractivity contribution is 0.00344. The molecule has 1 atom stereocenters. The summed E-state index contributed by atoms with van der Waals surface area (Å²) in [6.45, 7) is 3.08. The molecule has 1 unspecified atom stereocenters. The van der Waals surface area contributed by atoms with E-state index in [4.69, 9.17) is 16.3 Å². The molecule has 1 aliphatic heterocycles. The molecule has 1 aliphatic rings. The zero-order valence-corrected chi connectivity index (χ0v) is 12.6. The minimum absolute atomic E-state index is 0.0187. The van der Waals surface area contributed by atoms with Gasteiger partial charge in [0.05, 0.1) is 28.6 Å². The van der Waals surface area contributed by atoms with Crippen LogP contribution in [0.3, 0.4) is 0 Å². The number of hydrogen-bond acceptors (Lipinski definition) is 3. The lowest BCUT2D eigenvalue weighted by Crippen LogP contribution is -2.26. The number of ether oxygens (including phenoxy) is 1. The summed E-state index contributed by atoms with van der Waals surface area (Å²) in [6.07, 6.45) is 3.12. The first-order valence-electron chi connectivity index (χ1n) is 7.08. The van der Waals surface area contributed by atoms with Gasteiger partial charge in [0.15, 0.2) is 5.69 Å². The second-order valence-corrected chi connectivity index (χ2v) is 5.82. The third-order valence-electron chi connectivity index (χ3n) is 3.90. The highest BCUT2D eigenvalue weighted by molar-refractivity contribution is 6.36. The Labute approximate surface area is 127 Å². The third-order valence-corrected chi connectivity index (χ3v) is 4.21. The van der Waals surface area contributed by atoms with Crippen molar-refractivity contribution < 1.29 is 14.6 Å². The number of hydrogen-bond donors (Lipinski definition) is 1. The average molecular weight is 309 g/mol. The van der Waals surface area contributed by atoms with Crippen molar-refractivity contribution in [2.45, 2.75) is 38.8 Å². The van der Waals surface area contributed by atoms with Gasteiger partial charge < -0.3 is 9.84 Å². The number of carboxylic acid groups (broad SMARTS) is 1. The van der Waals surface area contributed by atoms with Crippen LogP contribution in [0, 0.1) is 6.92 Å². The number of carbonyl (C=O) groups is 1. The van der Waals surface area contributed by atoms with Crippen LogP contribution in [0.2, 0.25) is 5.02 Å². The molecule has 0 spiro atoms. The molecule has 21 heavy (non-hydrogen) atoms. The number of rotatable bonds is 3. The van der Waals surface area contributed by atoms with Gasteiger partial charge in [-0.2, -0.15) is 5.10 Å². The molecule has 0 bridgehead atoms. The van der Waals surface area contributed by atoms with Crippen LogP contribution >= 0.6 is 11.6 Å². The molecular weight excluding hydrogens is 292 g/mol. The van der Waals surface area contributed by atoms with Crippen molar-refractivity contribution in [1.29, 1.82) is 0 Å². The maximum Gasteiger partial charge on any atom is 0.354 e. The molecule has 1 fully saturated rings. The van der Waals surface area contributed by atoms with E-state index in [0.717, 1.165) is 31.4 Å². The standard InChI is InChI=1S/C15H17ClN2O3/c1-9-5-6-11(16)12-13(9)17-18(14(12)15(19)20)8-10-4-2-3-7-21-10/h5-6,10H,2-4,7-8H2,1H3,(H,19,20). The Kier molecular flexibility index (Phi) is 3.87. The number of aromatic carboxylic acids is 1. The van der Waals surface area contributed by atoms with Crippen LogP contribution in [0.5, 0.6) is 0 Å². The monoisotopic (exact) mass is 308 g/mol. The number of benzene rings is 1. The lowest BCUT2D eigenvalue weighted by Gasteiger charge is -2.22. The minimum Gasteiger partial charge on any atom is -0.477 e. The Morgan fingerprint density at radius 1 is 1.52 bits per heavy atom. The quantitative estimate of drug-likeness (QED) is 0.945. The Morgan fingerprint density at radius 3 is 3.00 bits per heavy atom. The van der Waals surface area contributed by atoms with Gasteiger partial charge in [0, 0.05) is 6.61 Å². The molecule has 1 saturated heterocycles. The third kappa shape index (κ3) is 2.63. The molecule has 2 aromatic rings. The van der Waals surface area contributed by atoms with E-state index in [1.54, 1.807) is 6.07 Å². The normalized spacial score (nSPS) is 19.0. The summed E-state index contributed by atoms with van der Waals surface area (Å²) in [5.41, 5.74) is 1.71. The zero-order valence-electron chi connectivity index (χ0n) is 11.8. The maximum atomic E-state index is 11.6. The van der Waals surface area contributed by atoms with E-state index in [0.29, 0.717) is 22.5 Å². The summed E-state index contributed by atoms with van der Waals surface area (Å²) < 4.78 is 7.22. The predicted octanol–water partition coefficient (Wildman–Crippen LogP) is 3.27. The van der Waals surface area contributed by atoms with Gasteiger partial charge in [-0.15, -0.1) is 0 Å². The molecule has 3 rings (SSSR count). The van der Waals surface area contributed by atoms with Crippen molar-refractivity contribution >= 4 is 28.5 Å². The average Bonchev–Trinajstić information content (AvgIpc) is 2.84. The second kappa shape index (κ2) is 5.66. The van der Waals surface area contributed by atoms with Crippen LogP contribution in [0.4, 0.5) is 0 Å². The van der Waals surface area contributed by atoms with Gasteiger partial charge in [0.1, 0.15) is 0 Å². The van der Waals surface area contributed by atoms with Gasteiger partial charge >= 0.3 is 5.97 Å². The van der Waals surface area contributed by atoms with Gasteiger partial charge in [-0.3, -0.25) is 4.68 Å². The molecule has 0 amide bonds. The molecule has 0 saturated carbocycles. The van der Waals surface area contributed by atoms with E-state index in [2.05, 4.69) is 5.10 Å². The summed E-state index contributed by atoms with van der Waals surface area (Å²) in [5, 5.41) is 14.9. The van der Waals surface area contributed by atoms with Crippen LogP contribution in [-0.4, -0.2) is 33.6 Å². The lowest BCUT2D eigenvalue weighted by atomic mass is 10.1. The molecule has 1 aromatic heterocycles. The minimum atomic E-state index is -1.01. The van der Waals surface area contributed by atoms with Gasteiger partial charge in [-0.05, 0) is 37.8 Å². The van der Waals surface area contributed by atoms with E-state index >= 15 is 0 Å². The summed E-state index contributed by atoms with van der Waals surface area (Å²) in [7, 11) is 0. The van der Waals surface area contributed by atoms with Crippen LogP contribution in [-0.2, 0) is 11.3 Å². The molecule has 112 valence electrons. The predicted molar refractivity (Wildman–Crippen MR) is 80.0 cm³/mol. The van der Waals surface area contributed by atoms with Crippen molar-refractivity contribution in [2.75, 3.05) is 6.61 Å². The Morgan fingerprint density at radius 2 is 2.33 bits per heavy atom. The topological polar surface area (TPSA) is 64.3 Å². The molecule has 1 N–H and O–H groups in total. The summed E-state index contributed by atoms with van der Waals surface area (Å²) in [4.78, 5) is 11.6. The fourth-order valence-corrected chi connectivity index (χ4v) is 3.06. The van der Waals surface area contributed by atoms with E-state index in [-0.39, 0.29) is 11.8 Å². The van der Waals surface area contributed by atoms with Crippen LogP contribution < -0.4 is 0 Å². The number of carboxylic acids is 1. The van der Waals surface area contributed by atoms with Crippen molar-refractivity contribution in [1.82, 2.24) is 9.78 Å². The Hall–Kier alpha value is -1.59. The first-order chi connectivity index (χ1) is 10.1. The van der Waals surface area contributed by atoms with E-state index in [1.165, 1.54) is 4.68 Å². The van der Waals surface area contributed by atoms with Crippen LogP contribution in [0.1, 0.15) is 35.3 Å². The molecule has 5 nitrogen and oxygen atoms in total. The molecule has 6 heteroatoms. The van der Waals surface area contributed by atoms with E-state index in [1.807, 2.05) is 13.0 Å². The first kappa shape index (κ1) is 14.4. The number of aromatic nitrogens is 2. The van der Waals surface area contributed by atoms with Crippen LogP contribution in [0.25, 0.3) is 10.9 Å². The molecule has 0 aliphatic carbocycles. The van der Waals surface area contributed by atoms with Crippen molar-refractivity contribution in [2.24, 2.45) is 0 Å². The number of fused-ring (bicyclic) bond motifs is 1. The number of halogens is 1.